The van der Waals surface area contributed by atoms with Crippen LogP contribution in [0.3, 0.4) is 0 Å². The van der Waals surface area contributed by atoms with Crippen LogP contribution in [0.25, 0.3) is 0 Å². The second kappa shape index (κ2) is 5.83. The number of nitrogens with one attached hydrogen (secondary N) is 1. The van der Waals surface area contributed by atoms with Crippen LogP contribution >= 0.6 is 0 Å². The lowest BCUT2D eigenvalue weighted by Crippen LogP contribution is -2.45. The number of carbonyl (C=O) groups excluding carboxylic acids is 1. The van der Waals surface area contributed by atoms with E-state index >= 15 is 0 Å². The number of carbonyl (C=O) groups is 1. The first-order valence-electron chi connectivity index (χ1n) is 6.45. The minimum absolute atomic E-state index is 0.261. The first kappa shape index (κ1) is 14.2. The van der Waals surface area contributed by atoms with Crippen LogP contribution in [0, 0.1) is 0 Å². The maximum Gasteiger partial charge on any atom is 0.273 e. The maximum absolute atomic E-state index is 11.9. The van der Waals surface area contributed by atoms with Crippen LogP contribution in [0.5, 0.6) is 0 Å². The molecule has 0 saturated heterocycles. The number of amides is 1. The van der Waals surface area contributed by atoms with Gasteiger partial charge in [0.15, 0.2) is 5.69 Å². The van der Waals surface area contributed by atoms with Crippen molar-refractivity contribution >= 4 is 5.91 Å². The monoisotopic (exact) mass is 273 g/mol. The predicted molar refractivity (Wildman–Crippen MR) is 76.2 cm³/mol. The molecule has 2 rings (SSSR count). The second-order valence-corrected chi connectivity index (χ2v) is 5.46. The van der Waals surface area contributed by atoms with Gasteiger partial charge < -0.3 is 11.1 Å². The molecule has 0 atom stereocenters. The molecule has 2 aromatic rings. The number of nitrogens with zero attached hydrogens (tertiary/aromatic N) is 3. The van der Waals surface area contributed by atoms with Gasteiger partial charge in [-0.1, -0.05) is 35.5 Å². The lowest BCUT2D eigenvalue weighted by atomic mass is 10.1. The van der Waals surface area contributed by atoms with Gasteiger partial charge in [-0.3, -0.25) is 4.79 Å². The molecule has 0 aliphatic rings. The van der Waals surface area contributed by atoms with Gasteiger partial charge in [-0.15, -0.1) is 5.10 Å². The highest BCUT2D eigenvalue weighted by Gasteiger charge is 2.15. The van der Waals surface area contributed by atoms with E-state index in [2.05, 4.69) is 15.6 Å². The Bertz CT molecular complexity index is 571. The van der Waals surface area contributed by atoms with E-state index in [1.807, 2.05) is 44.2 Å². The summed E-state index contributed by atoms with van der Waals surface area (Å²) < 4.78 is 1.64. The van der Waals surface area contributed by atoms with Crippen LogP contribution in [-0.4, -0.2) is 33.0 Å². The molecule has 0 aliphatic heterocycles. The van der Waals surface area contributed by atoms with Gasteiger partial charge in [0.05, 0.1) is 12.7 Å². The fraction of sp³-hybridized carbons (Fsp3) is 0.357. The van der Waals surface area contributed by atoms with Gasteiger partial charge in [0.25, 0.3) is 5.91 Å². The highest BCUT2D eigenvalue weighted by molar-refractivity contribution is 5.91. The third-order valence-electron chi connectivity index (χ3n) is 2.66. The van der Waals surface area contributed by atoms with Gasteiger partial charge in [-0.05, 0) is 19.4 Å². The quantitative estimate of drug-likeness (QED) is 0.843. The molecular weight excluding hydrogens is 254 g/mol. The highest BCUT2D eigenvalue weighted by Crippen LogP contribution is 2.02. The van der Waals surface area contributed by atoms with E-state index in [4.69, 9.17) is 5.73 Å². The summed E-state index contributed by atoms with van der Waals surface area (Å²) in [5.74, 6) is -0.261. The Morgan fingerprint density at radius 1 is 1.35 bits per heavy atom. The zero-order valence-corrected chi connectivity index (χ0v) is 11.7. The number of nitrogens with two attached hydrogens (primary N) is 1. The third kappa shape index (κ3) is 4.17. The number of hydrogen-bond acceptors (Lipinski definition) is 4. The average molecular weight is 273 g/mol. The molecule has 1 aromatic carbocycles. The molecule has 20 heavy (non-hydrogen) atoms. The van der Waals surface area contributed by atoms with Gasteiger partial charge in [-0.25, -0.2) is 4.68 Å². The van der Waals surface area contributed by atoms with Gasteiger partial charge >= 0.3 is 0 Å². The summed E-state index contributed by atoms with van der Waals surface area (Å²) in [7, 11) is 0. The molecule has 0 aliphatic carbocycles. The van der Waals surface area contributed by atoms with Crippen LogP contribution in [0.1, 0.15) is 29.9 Å². The molecule has 0 radical (unpaired) electrons. The van der Waals surface area contributed by atoms with Crippen LogP contribution in [-0.2, 0) is 6.54 Å². The lowest BCUT2D eigenvalue weighted by Gasteiger charge is -2.18. The minimum atomic E-state index is -0.449. The van der Waals surface area contributed by atoms with Crippen molar-refractivity contribution in [3.05, 3.63) is 47.8 Å². The number of aromatic nitrogens is 3. The van der Waals surface area contributed by atoms with Crippen molar-refractivity contribution in [3.63, 3.8) is 0 Å². The molecule has 0 saturated carbocycles. The Morgan fingerprint density at radius 2 is 2.05 bits per heavy atom. The molecule has 0 fully saturated rings. The van der Waals surface area contributed by atoms with Crippen molar-refractivity contribution in [2.75, 3.05) is 6.54 Å². The predicted octanol–water partition coefficient (Wildman–Crippen LogP) is 0.793. The topological polar surface area (TPSA) is 85.8 Å². The van der Waals surface area contributed by atoms with E-state index in [1.165, 1.54) is 0 Å². The maximum atomic E-state index is 11.9. The van der Waals surface area contributed by atoms with Gasteiger partial charge in [0.1, 0.15) is 0 Å². The molecule has 1 aromatic heterocycles. The summed E-state index contributed by atoms with van der Waals surface area (Å²) in [6.07, 6.45) is 1.63. The second-order valence-electron chi connectivity index (χ2n) is 5.46. The molecule has 6 heteroatoms. The normalized spacial score (nSPS) is 11.3. The molecule has 1 amide bonds. The molecule has 6 nitrogen and oxygen atoms in total. The van der Waals surface area contributed by atoms with Crippen LogP contribution in [0.15, 0.2) is 36.5 Å². The molecule has 0 bridgehead atoms. The summed E-state index contributed by atoms with van der Waals surface area (Å²) in [4.78, 5) is 11.9. The first-order chi connectivity index (χ1) is 9.44. The summed E-state index contributed by atoms with van der Waals surface area (Å²) >= 11 is 0. The molecule has 3 N–H and O–H groups in total. The molecule has 106 valence electrons. The van der Waals surface area contributed by atoms with Gasteiger partial charge in [0, 0.05) is 12.1 Å². The van der Waals surface area contributed by atoms with Crippen LogP contribution in [0.4, 0.5) is 0 Å². The zero-order chi connectivity index (χ0) is 14.6. The van der Waals surface area contributed by atoms with Crippen molar-refractivity contribution in [2.45, 2.75) is 25.9 Å². The average Bonchev–Trinajstić information content (AvgIpc) is 2.85. The molecular formula is C14H19N5O. The van der Waals surface area contributed by atoms with E-state index in [1.54, 1.807) is 10.9 Å². The fourth-order valence-electron chi connectivity index (χ4n) is 1.65. The molecule has 1 heterocycles. The Balaban J connectivity index is 1.97. The van der Waals surface area contributed by atoms with Crippen molar-refractivity contribution in [1.29, 1.82) is 0 Å². The van der Waals surface area contributed by atoms with Crippen molar-refractivity contribution in [2.24, 2.45) is 5.73 Å². The largest absolute Gasteiger partial charge is 0.349 e. The number of rotatable bonds is 5. The lowest BCUT2D eigenvalue weighted by molar-refractivity contribution is 0.0941. The fourth-order valence-corrected chi connectivity index (χ4v) is 1.65. The Labute approximate surface area is 118 Å². The molecule has 0 unspecified atom stereocenters. The minimum Gasteiger partial charge on any atom is -0.349 e. The Morgan fingerprint density at radius 3 is 2.70 bits per heavy atom. The third-order valence-corrected chi connectivity index (χ3v) is 2.66. The Hall–Kier alpha value is -2.21. The number of benzene rings is 1. The smallest absolute Gasteiger partial charge is 0.273 e. The van der Waals surface area contributed by atoms with E-state index in [9.17, 15) is 4.79 Å². The SMILES string of the molecule is CC(C)(N)CNC(=O)c1cn(Cc2ccccc2)nn1. The summed E-state index contributed by atoms with van der Waals surface area (Å²) in [5, 5.41) is 10.6. The van der Waals surface area contributed by atoms with E-state index in [0.717, 1.165) is 5.56 Å². The standard InChI is InChI=1S/C14H19N5O/c1-14(2,15)10-16-13(20)12-9-19(18-17-12)8-11-6-4-3-5-7-11/h3-7,9H,8,10,15H2,1-2H3,(H,16,20). The summed E-state index contributed by atoms with van der Waals surface area (Å²) in [5.41, 5.74) is 6.77. The Kier molecular flexibility index (Phi) is 4.14. The van der Waals surface area contributed by atoms with E-state index < -0.39 is 5.54 Å². The first-order valence-corrected chi connectivity index (χ1v) is 6.45. The van der Waals surface area contributed by atoms with E-state index in [0.29, 0.717) is 18.8 Å². The van der Waals surface area contributed by atoms with Crippen molar-refractivity contribution in [1.82, 2.24) is 20.3 Å². The summed E-state index contributed by atoms with van der Waals surface area (Å²) in [6.45, 7) is 4.67. The van der Waals surface area contributed by atoms with Crippen molar-refractivity contribution < 1.29 is 4.79 Å². The van der Waals surface area contributed by atoms with Crippen molar-refractivity contribution in [3.8, 4) is 0 Å². The van der Waals surface area contributed by atoms with Gasteiger partial charge in [0.2, 0.25) is 0 Å². The highest BCUT2D eigenvalue weighted by atomic mass is 16.2. The van der Waals surface area contributed by atoms with Gasteiger partial charge in [-0.2, -0.15) is 0 Å². The zero-order valence-electron chi connectivity index (χ0n) is 11.7. The van der Waals surface area contributed by atoms with Crippen LogP contribution < -0.4 is 11.1 Å². The van der Waals surface area contributed by atoms with E-state index in [-0.39, 0.29) is 5.91 Å². The summed E-state index contributed by atoms with van der Waals surface area (Å²) in [6, 6.07) is 9.88. The number of hydrogen-bond donors (Lipinski definition) is 2. The van der Waals surface area contributed by atoms with Crippen LogP contribution in [0.2, 0.25) is 0 Å². The molecule has 0 spiro atoms.